The van der Waals surface area contributed by atoms with Crippen LogP contribution in [0.4, 0.5) is 5.82 Å². The van der Waals surface area contributed by atoms with E-state index in [4.69, 9.17) is 4.42 Å². The number of imidazole rings is 1. The van der Waals surface area contributed by atoms with Gasteiger partial charge in [0.25, 0.3) is 11.8 Å². The molecular formula is C28H29N5O4. The minimum atomic E-state index is -0.169. The van der Waals surface area contributed by atoms with E-state index in [1.165, 1.54) is 6.26 Å². The molecule has 4 aromatic rings. The van der Waals surface area contributed by atoms with Crippen LogP contribution >= 0.6 is 0 Å². The number of furan rings is 1. The van der Waals surface area contributed by atoms with Crippen molar-refractivity contribution in [3.8, 4) is 0 Å². The molecule has 4 heterocycles. The number of hydrogen-bond donors (Lipinski definition) is 0. The van der Waals surface area contributed by atoms with Gasteiger partial charge in [-0.05, 0) is 43.2 Å². The highest BCUT2D eigenvalue weighted by Crippen LogP contribution is 2.23. The number of benzene rings is 1. The Bertz CT molecular complexity index is 1420. The Hall–Kier alpha value is -4.40. The van der Waals surface area contributed by atoms with Gasteiger partial charge in [-0.2, -0.15) is 0 Å². The summed E-state index contributed by atoms with van der Waals surface area (Å²) in [5.41, 5.74) is 2.99. The standard InChI is InChI=1S/C28H29N5O4/c1-20-26(30(2)25(34)13-10-21-7-4-3-5-8-21)33-19-22(11-12-24(33)29-20)27(35)31-14-16-32(17-15-31)28(36)23-9-6-18-37-23/h3-9,11-12,18-19H,10,13-17H2,1-2H3. The van der Waals surface area contributed by atoms with E-state index in [2.05, 4.69) is 4.98 Å². The molecule has 190 valence electrons. The molecule has 0 radical (unpaired) electrons. The van der Waals surface area contributed by atoms with Crippen molar-refractivity contribution in [2.45, 2.75) is 19.8 Å². The normalized spacial score (nSPS) is 13.7. The predicted molar refractivity (Wildman–Crippen MR) is 139 cm³/mol. The lowest BCUT2D eigenvalue weighted by Gasteiger charge is -2.34. The summed E-state index contributed by atoms with van der Waals surface area (Å²) in [6.45, 7) is 3.58. The van der Waals surface area contributed by atoms with E-state index in [-0.39, 0.29) is 17.7 Å². The molecule has 1 aromatic carbocycles. The molecule has 0 saturated carbocycles. The molecule has 1 saturated heterocycles. The Balaban J connectivity index is 1.29. The van der Waals surface area contributed by atoms with Crippen LogP contribution in [0.2, 0.25) is 0 Å². The van der Waals surface area contributed by atoms with Crippen molar-refractivity contribution >= 4 is 29.2 Å². The summed E-state index contributed by atoms with van der Waals surface area (Å²) in [4.78, 5) is 48.5. The monoisotopic (exact) mass is 499 g/mol. The number of aromatic nitrogens is 2. The minimum absolute atomic E-state index is 0.0252. The average Bonchev–Trinajstić information content (AvgIpc) is 3.58. The number of hydrogen-bond acceptors (Lipinski definition) is 5. The fraction of sp³-hybridized carbons (Fsp3) is 0.286. The number of piperazine rings is 1. The van der Waals surface area contributed by atoms with Gasteiger partial charge in [-0.25, -0.2) is 4.98 Å². The van der Waals surface area contributed by atoms with E-state index in [9.17, 15) is 14.4 Å². The quantitative estimate of drug-likeness (QED) is 0.405. The lowest BCUT2D eigenvalue weighted by atomic mass is 10.1. The first kappa shape index (κ1) is 24.3. The molecule has 0 spiro atoms. The van der Waals surface area contributed by atoms with E-state index >= 15 is 0 Å². The number of carbonyl (C=O) groups is 3. The van der Waals surface area contributed by atoms with Crippen molar-refractivity contribution in [3.63, 3.8) is 0 Å². The van der Waals surface area contributed by atoms with Crippen LogP contribution in [0.15, 0.2) is 71.5 Å². The van der Waals surface area contributed by atoms with Crippen LogP contribution in [0.1, 0.15) is 38.6 Å². The number of rotatable bonds is 6. The lowest BCUT2D eigenvalue weighted by Crippen LogP contribution is -2.50. The van der Waals surface area contributed by atoms with Gasteiger partial charge in [0.05, 0.1) is 17.5 Å². The second-order valence-corrected chi connectivity index (χ2v) is 9.17. The summed E-state index contributed by atoms with van der Waals surface area (Å²) in [6, 6.07) is 16.8. The number of carbonyl (C=O) groups excluding carboxylic acids is 3. The Kier molecular flexibility index (Phi) is 6.76. The first-order valence-electron chi connectivity index (χ1n) is 12.3. The van der Waals surface area contributed by atoms with Crippen LogP contribution in [0, 0.1) is 6.92 Å². The van der Waals surface area contributed by atoms with Crippen LogP contribution in [0.5, 0.6) is 0 Å². The minimum Gasteiger partial charge on any atom is -0.459 e. The molecule has 0 unspecified atom stereocenters. The summed E-state index contributed by atoms with van der Waals surface area (Å²) in [7, 11) is 1.74. The predicted octanol–water partition coefficient (Wildman–Crippen LogP) is 3.43. The van der Waals surface area contributed by atoms with Crippen molar-refractivity contribution < 1.29 is 18.8 Å². The molecule has 9 nitrogen and oxygen atoms in total. The van der Waals surface area contributed by atoms with Crippen LogP contribution < -0.4 is 4.90 Å². The van der Waals surface area contributed by atoms with Crippen molar-refractivity contribution in [2.75, 3.05) is 38.1 Å². The molecule has 0 bridgehead atoms. The molecule has 3 aromatic heterocycles. The smallest absolute Gasteiger partial charge is 0.289 e. The van der Waals surface area contributed by atoms with Crippen LogP contribution in [-0.2, 0) is 11.2 Å². The van der Waals surface area contributed by atoms with Gasteiger partial charge in [0, 0.05) is 45.8 Å². The zero-order chi connectivity index (χ0) is 25.9. The summed E-state index contributed by atoms with van der Waals surface area (Å²) in [5, 5.41) is 0. The SMILES string of the molecule is Cc1nc2ccc(C(=O)N3CCN(C(=O)c4ccco4)CC3)cn2c1N(C)C(=O)CCc1ccccc1. The number of pyridine rings is 1. The van der Waals surface area contributed by atoms with Gasteiger partial charge in [-0.3, -0.25) is 23.7 Å². The topological polar surface area (TPSA) is 91.4 Å². The van der Waals surface area contributed by atoms with Crippen molar-refractivity contribution in [3.05, 3.63) is 89.6 Å². The molecule has 1 aliphatic rings. The third-order valence-electron chi connectivity index (χ3n) is 6.76. The van der Waals surface area contributed by atoms with Gasteiger partial charge in [0.2, 0.25) is 5.91 Å². The number of nitrogens with zero attached hydrogens (tertiary/aromatic N) is 5. The zero-order valence-electron chi connectivity index (χ0n) is 21.0. The number of amides is 3. The Morgan fingerprint density at radius 2 is 1.62 bits per heavy atom. The molecule has 0 N–H and O–H groups in total. The largest absolute Gasteiger partial charge is 0.459 e. The Morgan fingerprint density at radius 3 is 2.30 bits per heavy atom. The van der Waals surface area contributed by atoms with Gasteiger partial charge in [-0.15, -0.1) is 0 Å². The van der Waals surface area contributed by atoms with Crippen LogP contribution in [0.25, 0.3) is 5.65 Å². The Labute approximate surface area is 214 Å². The summed E-state index contributed by atoms with van der Waals surface area (Å²) < 4.78 is 7.02. The Morgan fingerprint density at radius 1 is 0.919 bits per heavy atom. The van der Waals surface area contributed by atoms with Gasteiger partial charge >= 0.3 is 0 Å². The third-order valence-corrected chi connectivity index (χ3v) is 6.76. The van der Waals surface area contributed by atoms with Gasteiger partial charge in [0.1, 0.15) is 11.5 Å². The fourth-order valence-corrected chi connectivity index (χ4v) is 4.71. The van der Waals surface area contributed by atoms with Crippen molar-refractivity contribution in [1.82, 2.24) is 19.2 Å². The first-order chi connectivity index (χ1) is 17.9. The van der Waals surface area contributed by atoms with E-state index in [0.717, 1.165) is 5.56 Å². The molecule has 37 heavy (non-hydrogen) atoms. The lowest BCUT2D eigenvalue weighted by molar-refractivity contribution is -0.118. The molecule has 1 aliphatic heterocycles. The molecule has 0 aliphatic carbocycles. The number of anilines is 1. The molecule has 1 fully saturated rings. The molecule has 9 heteroatoms. The second-order valence-electron chi connectivity index (χ2n) is 9.17. The second kappa shape index (κ2) is 10.3. The molecule has 0 atom stereocenters. The highest BCUT2D eigenvalue weighted by molar-refractivity contribution is 5.96. The van der Waals surface area contributed by atoms with E-state index in [1.807, 2.05) is 37.3 Å². The van der Waals surface area contributed by atoms with Gasteiger partial charge in [-0.1, -0.05) is 30.3 Å². The third kappa shape index (κ3) is 4.97. The zero-order valence-corrected chi connectivity index (χ0v) is 21.0. The summed E-state index contributed by atoms with van der Waals surface area (Å²) in [6.07, 6.45) is 4.24. The van der Waals surface area contributed by atoms with E-state index < -0.39 is 0 Å². The van der Waals surface area contributed by atoms with Crippen LogP contribution in [0.3, 0.4) is 0 Å². The van der Waals surface area contributed by atoms with Gasteiger partial charge in [0.15, 0.2) is 5.76 Å². The van der Waals surface area contributed by atoms with E-state index in [0.29, 0.717) is 67.5 Å². The number of fused-ring (bicyclic) bond motifs is 1. The highest BCUT2D eigenvalue weighted by atomic mass is 16.3. The summed E-state index contributed by atoms with van der Waals surface area (Å²) >= 11 is 0. The summed E-state index contributed by atoms with van der Waals surface area (Å²) in [5.74, 6) is 0.634. The molecule has 3 amide bonds. The van der Waals surface area contributed by atoms with Crippen molar-refractivity contribution in [1.29, 1.82) is 0 Å². The molecular weight excluding hydrogens is 470 g/mol. The maximum Gasteiger partial charge on any atom is 0.289 e. The van der Waals surface area contributed by atoms with Crippen LogP contribution in [-0.4, -0.2) is 70.1 Å². The van der Waals surface area contributed by atoms with Gasteiger partial charge < -0.3 is 14.2 Å². The van der Waals surface area contributed by atoms with Crippen molar-refractivity contribution in [2.24, 2.45) is 0 Å². The average molecular weight is 500 g/mol. The fourth-order valence-electron chi connectivity index (χ4n) is 4.71. The maximum absolute atomic E-state index is 13.3. The van der Waals surface area contributed by atoms with E-state index in [1.54, 1.807) is 56.6 Å². The maximum atomic E-state index is 13.3. The molecule has 5 rings (SSSR count). The first-order valence-corrected chi connectivity index (χ1v) is 12.3. The highest BCUT2D eigenvalue weighted by Gasteiger charge is 2.27. The number of aryl methyl sites for hydroxylation is 2.